The molecule has 5 heteroatoms. The van der Waals surface area contributed by atoms with Crippen LogP contribution in [0.3, 0.4) is 0 Å². The van der Waals surface area contributed by atoms with Gasteiger partial charge >= 0.3 is 0 Å². The van der Waals surface area contributed by atoms with Gasteiger partial charge in [-0.05, 0) is 57.2 Å². The maximum absolute atomic E-state index is 12.4. The Kier molecular flexibility index (Phi) is 3.92. The Balaban J connectivity index is 2.19. The molecule has 0 atom stereocenters. The molecule has 100 valence electrons. The van der Waals surface area contributed by atoms with Crippen molar-refractivity contribution in [2.75, 3.05) is 27.2 Å². The first-order valence-electron chi connectivity index (χ1n) is 6.10. The van der Waals surface area contributed by atoms with Crippen LogP contribution in [0.25, 0.3) is 0 Å². The van der Waals surface area contributed by atoms with Crippen molar-refractivity contribution >= 4 is 9.84 Å². The Hall–Kier alpha value is -1.07. The molecule has 1 fully saturated rings. The molecule has 0 saturated carbocycles. The molecule has 4 nitrogen and oxygen atoms in total. The lowest BCUT2D eigenvalue weighted by molar-refractivity contribution is 0.277. The zero-order valence-corrected chi connectivity index (χ0v) is 11.6. The normalized spacial score (nSPS) is 18.8. The summed E-state index contributed by atoms with van der Waals surface area (Å²) in [6.45, 7) is 1.69. The van der Waals surface area contributed by atoms with E-state index < -0.39 is 9.84 Å². The molecule has 0 N–H and O–H groups in total. The van der Waals surface area contributed by atoms with Gasteiger partial charge in [-0.2, -0.15) is 0 Å². The van der Waals surface area contributed by atoms with Crippen LogP contribution in [0.15, 0.2) is 29.2 Å². The van der Waals surface area contributed by atoms with E-state index in [1.54, 1.807) is 31.4 Å². The Bertz CT molecular complexity index is 487. The van der Waals surface area contributed by atoms with Gasteiger partial charge in [-0.1, -0.05) is 0 Å². The first kappa shape index (κ1) is 13.4. The van der Waals surface area contributed by atoms with Gasteiger partial charge in [0.25, 0.3) is 0 Å². The minimum Gasteiger partial charge on any atom is -0.497 e. The maximum Gasteiger partial charge on any atom is 0.181 e. The van der Waals surface area contributed by atoms with Crippen molar-refractivity contribution in [2.24, 2.45) is 0 Å². The molecule has 18 heavy (non-hydrogen) atoms. The number of piperidine rings is 1. The molecule has 0 aliphatic carbocycles. The van der Waals surface area contributed by atoms with Crippen LogP contribution in [0.2, 0.25) is 0 Å². The fourth-order valence-corrected chi connectivity index (χ4v) is 3.98. The largest absolute Gasteiger partial charge is 0.497 e. The van der Waals surface area contributed by atoms with Gasteiger partial charge in [0.15, 0.2) is 9.84 Å². The lowest BCUT2D eigenvalue weighted by atomic mass is 10.1. The summed E-state index contributed by atoms with van der Waals surface area (Å²) >= 11 is 0. The number of ether oxygens (including phenoxy) is 1. The second-order valence-electron chi connectivity index (χ2n) is 4.72. The SMILES string of the molecule is COc1ccc(S(=O)(=O)C2CCN(C)CC2)cc1. The smallest absolute Gasteiger partial charge is 0.181 e. The van der Waals surface area contributed by atoms with Crippen molar-refractivity contribution in [3.8, 4) is 5.75 Å². The Labute approximate surface area is 108 Å². The van der Waals surface area contributed by atoms with E-state index in [0.717, 1.165) is 13.1 Å². The van der Waals surface area contributed by atoms with Crippen molar-refractivity contribution in [2.45, 2.75) is 23.0 Å². The molecule has 1 heterocycles. The van der Waals surface area contributed by atoms with Crippen LogP contribution in [0.1, 0.15) is 12.8 Å². The van der Waals surface area contributed by atoms with Crippen LogP contribution >= 0.6 is 0 Å². The number of rotatable bonds is 3. The van der Waals surface area contributed by atoms with Gasteiger partial charge in [-0.15, -0.1) is 0 Å². The minimum absolute atomic E-state index is 0.248. The summed E-state index contributed by atoms with van der Waals surface area (Å²) in [4.78, 5) is 2.57. The standard InChI is InChI=1S/C13H19NO3S/c1-14-9-7-13(8-10-14)18(15,16)12-5-3-11(17-2)4-6-12/h3-6,13H,7-10H2,1-2H3. The summed E-state index contributed by atoms with van der Waals surface area (Å²) < 4.78 is 29.9. The van der Waals surface area contributed by atoms with E-state index in [4.69, 9.17) is 4.74 Å². The average molecular weight is 269 g/mol. The van der Waals surface area contributed by atoms with Gasteiger partial charge < -0.3 is 9.64 Å². The summed E-state index contributed by atoms with van der Waals surface area (Å²) in [6, 6.07) is 6.66. The van der Waals surface area contributed by atoms with Crippen LogP contribution < -0.4 is 4.74 Å². The third-order valence-corrected chi connectivity index (χ3v) is 5.77. The molecule has 1 saturated heterocycles. The van der Waals surface area contributed by atoms with Gasteiger partial charge in [0.05, 0.1) is 17.3 Å². The fourth-order valence-electron chi connectivity index (χ4n) is 2.25. The second kappa shape index (κ2) is 5.28. The van der Waals surface area contributed by atoms with E-state index >= 15 is 0 Å². The number of likely N-dealkylation sites (tertiary alicyclic amines) is 1. The topological polar surface area (TPSA) is 46.6 Å². The summed E-state index contributed by atoms with van der Waals surface area (Å²) in [5, 5.41) is -0.248. The fraction of sp³-hybridized carbons (Fsp3) is 0.538. The lowest BCUT2D eigenvalue weighted by Gasteiger charge is -2.28. The number of hydrogen-bond acceptors (Lipinski definition) is 4. The highest BCUT2D eigenvalue weighted by Gasteiger charge is 2.30. The summed E-state index contributed by atoms with van der Waals surface area (Å²) in [7, 11) is 0.401. The minimum atomic E-state index is -3.19. The molecule has 0 radical (unpaired) electrons. The Morgan fingerprint density at radius 1 is 1.17 bits per heavy atom. The summed E-state index contributed by atoms with van der Waals surface area (Å²) in [5.74, 6) is 0.678. The van der Waals surface area contributed by atoms with E-state index in [0.29, 0.717) is 23.5 Å². The molecular formula is C13H19NO3S. The lowest BCUT2D eigenvalue weighted by Crippen LogP contribution is -2.37. The quantitative estimate of drug-likeness (QED) is 0.835. The first-order valence-corrected chi connectivity index (χ1v) is 7.65. The van der Waals surface area contributed by atoms with E-state index in [-0.39, 0.29) is 5.25 Å². The van der Waals surface area contributed by atoms with E-state index in [1.165, 1.54) is 0 Å². The van der Waals surface area contributed by atoms with Gasteiger partial charge in [-0.25, -0.2) is 8.42 Å². The van der Waals surface area contributed by atoms with Crippen molar-refractivity contribution < 1.29 is 13.2 Å². The van der Waals surface area contributed by atoms with Gasteiger partial charge in [-0.3, -0.25) is 0 Å². The number of sulfone groups is 1. The molecule has 1 aliphatic heterocycles. The molecule has 1 aliphatic rings. The molecule has 0 aromatic heterocycles. The Morgan fingerprint density at radius 3 is 2.22 bits per heavy atom. The highest BCUT2D eigenvalue weighted by atomic mass is 32.2. The molecular weight excluding hydrogens is 250 g/mol. The third-order valence-electron chi connectivity index (χ3n) is 3.49. The third kappa shape index (κ3) is 2.67. The molecule has 0 bridgehead atoms. The second-order valence-corrected chi connectivity index (χ2v) is 6.95. The van der Waals surface area contributed by atoms with Crippen LogP contribution in [0.5, 0.6) is 5.75 Å². The molecule has 0 unspecified atom stereocenters. The van der Waals surface area contributed by atoms with E-state index in [9.17, 15) is 8.42 Å². The number of nitrogens with zero attached hydrogens (tertiary/aromatic N) is 1. The van der Waals surface area contributed by atoms with Crippen molar-refractivity contribution in [1.29, 1.82) is 0 Å². The highest BCUT2D eigenvalue weighted by Crippen LogP contribution is 2.25. The highest BCUT2D eigenvalue weighted by molar-refractivity contribution is 7.92. The molecule has 2 rings (SSSR count). The average Bonchev–Trinajstić information content (AvgIpc) is 2.39. The van der Waals surface area contributed by atoms with Crippen molar-refractivity contribution in [3.63, 3.8) is 0 Å². The first-order chi connectivity index (χ1) is 8.54. The van der Waals surface area contributed by atoms with Crippen molar-refractivity contribution in [3.05, 3.63) is 24.3 Å². The predicted molar refractivity (Wildman–Crippen MR) is 70.7 cm³/mol. The molecule has 0 spiro atoms. The van der Waals surface area contributed by atoms with Crippen LogP contribution in [-0.2, 0) is 9.84 Å². The number of benzene rings is 1. The predicted octanol–water partition coefficient (Wildman–Crippen LogP) is 1.56. The molecule has 0 amide bonds. The summed E-state index contributed by atoms with van der Waals surface area (Å²) in [6.07, 6.45) is 1.43. The summed E-state index contributed by atoms with van der Waals surface area (Å²) in [5.41, 5.74) is 0. The molecule has 1 aromatic rings. The molecule has 1 aromatic carbocycles. The monoisotopic (exact) mass is 269 g/mol. The van der Waals surface area contributed by atoms with Crippen LogP contribution in [-0.4, -0.2) is 45.8 Å². The van der Waals surface area contributed by atoms with E-state index in [1.807, 2.05) is 7.05 Å². The maximum atomic E-state index is 12.4. The Morgan fingerprint density at radius 2 is 1.72 bits per heavy atom. The van der Waals surface area contributed by atoms with Gasteiger partial charge in [0.1, 0.15) is 5.75 Å². The number of methoxy groups -OCH3 is 1. The van der Waals surface area contributed by atoms with Crippen molar-refractivity contribution in [1.82, 2.24) is 4.90 Å². The zero-order valence-electron chi connectivity index (χ0n) is 10.8. The van der Waals surface area contributed by atoms with Crippen LogP contribution in [0, 0.1) is 0 Å². The number of hydrogen-bond donors (Lipinski definition) is 0. The zero-order chi connectivity index (χ0) is 13.2. The van der Waals surface area contributed by atoms with Gasteiger partial charge in [0.2, 0.25) is 0 Å². The van der Waals surface area contributed by atoms with E-state index in [2.05, 4.69) is 4.90 Å². The van der Waals surface area contributed by atoms with Crippen LogP contribution in [0.4, 0.5) is 0 Å². The van der Waals surface area contributed by atoms with Gasteiger partial charge in [0, 0.05) is 0 Å².